The first-order valence-corrected chi connectivity index (χ1v) is 3.91. The van der Waals surface area contributed by atoms with Crippen LogP contribution in [0.3, 0.4) is 0 Å². The van der Waals surface area contributed by atoms with Crippen LogP contribution in [-0.2, 0) is 14.3 Å². The number of aliphatic hydroxyl groups is 3. The van der Waals surface area contributed by atoms with E-state index in [0.29, 0.717) is 0 Å². The van der Waals surface area contributed by atoms with Crippen molar-refractivity contribution in [3.63, 3.8) is 0 Å². The van der Waals surface area contributed by atoms with Gasteiger partial charge in [0, 0.05) is 7.11 Å². The summed E-state index contributed by atoms with van der Waals surface area (Å²) in [5.74, 6) is -1.66. The first kappa shape index (κ1) is 11.3. The van der Waals surface area contributed by atoms with Crippen LogP contribution in [0.5, 0.6) is 0 Å². The molecule has 0 amide bonds. The zero-order valence-corrected chi connectivity index (χ0v) is 7.45. The molecule has 0 radical (unpaired) electrons. The summed E-state index contributed by atoms with van der Waals surface area (Å²) >= 11 is 0. The minimum atomic E-state index is -2.54. The van der Waals surface area contributed by atoms with Crippen LogP contribution in [0, 0.1) is 0 Å². The lowest BCUT2D eigenvalue weighted by molar-refractivity contribution is -0.210. The molecule has 1 fully saturated rings. The summed E-state index contributed by atoms with van der Waals surface area (Å²) in [5.41, 5.74) is -2.54. The number of aliphatic carboxylic acids is 1. The fraction of sp³-hybridized carbons (Fsp3) is 0.857. The Hall–Kier alpha value is -0.730. The molecule has 14 heavy (non-hydrogen) atoms. The van der Waals surface area contributed by atoms with E-state index in [1.807, 2.05) is 0 Å². The normalized spacial score (nSPS) is 42.7. The highest BCUT2D eigenvalue weighted by atomic mass is 16.7. The van der Waals surface area contributed by atoms with Crippen LogP contribution < -0.4 is 0 Å². The molecule has 4 atom stereocenters. The molecule has 1 saturated heterocycles. The first-order valence-electron chi connectivity index (χ1n) is 3.91. The summed E-state index contributed by atoms with van der Waals surface area (Å²) in [6.45, 7) is -0.601. The van der Waals surface area contributed by atoms with Crippen molar-refractivity contribution in [2.75, 3.05) is 13.7 Å². The molecule has 0 spiro atoms. The topological polar surface area (TPSA) is 116 Å². The number of rotatable bonds is 3. The highest BCUT2D eigenvalue weighted by Gasteiger charge is 2.61. The van der Waals surface area contributed by atoms with Crippen molar-refractivity contribution in [3.05, 3.63) is 0 Å². The lowest BCUT2D eigenvalue weighted by Gasteiger charge is -2.24. The number of carboxylic acid groups (broad SMARTS) is 1. The standard InChI is InChI=1S/C7H12O7/c1-13-6-7(12,5(10)11)4(9)3(2-8)14-6/h3-4,6,8-9,12H,2H2,1H3,(H,10,11)/t3-,4-,6-,7?/m1/s1. The molecule has 1 aliphatic rings. The molecule has 1 heterocycles. The fourth-order valence-electron chi connectivity index (χ4n) is 1.37. The van der Waals surface area contributed by atoms with E-state index < -0.39 is 36.7 Å². The van der Waals surface area contributed by atoms with Gasteiger partial charge in [0.2, 0.25) is 5.60 Å². The van der Waals surface area contributed by atoms with Crippen LogP contribution in [0.4, 0.5) is 0 Å². The van der Waals surface area contributed by atoms with E-state index in [1.165, 1.54) is 0 Å². The van der Waals surface area contributed by atoms with E-state index >= 15 is 0 Å². The Morgan fingerprint density at radius 3 is 2.50 bits per heavy atom. The van der Waals surface area contributed by atoms with Crippen molar-refractivity contribution in [3.8, 4) is 0 Å². The molecular weight excluding hydrogens is 196 g/mol. The van der Waals surface area contributed by atoms with Gasteiger partial charge in [0.25, 0.3) is 0 Å². The van der Waals surface area contributed by atoms with Gasteiger partial charge in [-0.2, -0.15) is 0 Å². The van der Waals surface area contributed by atoms with Gasteiger partial charge in [0.05, 0.1) is 6.61 Å². The largest absolute Gasteiger partial charge is 0.479 e. The van der Waals surface area contributed by atoms with Crippen LogP contribution >= 0.6 is 0 Å². The van der Waals surface area contributed by atoms with Gasteiger partial charge in [-0.25, -0.2) is 4.79 Å². The number of hydrogen-bond acceptors (Lipinski definition) is 6. The Labute approximate surface area is 79.5 Å². The highest BCUT2D eigenvalue weighted by Crippen LogP contribution is 2.31. The molecule has 1 aliphatic heterocycles. The van der Waals surface area contributed by atoms with Crippen LogP contribution in [0.15, 0.2) is 0 Å². The zero-order chi connectivity index (χ0) is 10.9. The number of carbonyl (C=O) groups is 1. The van der Waals surface area contributed by atoms with Gasteiger partial charge < -0.3 is 29.9 Å². The molecule has 0 aliphatic carbocycles. The molecule has 0 saturated carbocycles. The van der Waals surface area contributed by atoms with Crippen LogP contribution in [0.2, 0.25) is 0 Å². The Morgan fingerprint density at radius 1 is 1.64 bits per heavy atom. The molecule has 1 unspecified atom stereocenters. The van der Waals surface area contributed by atoms with Gasteiger partial charge in [-0.15, -0.1) is 0 Å². The third-order valence-electron chi connectivity index (χ3n) is 2.20. The zero-order valence-electron chi connectivity index (χ0n) is 7.45. The number of ether oxygens (including phenoxy) is 2. The van der Waals surface area contributed by atoms with Gasteiger partial charge in [-0.1, -0.05) is 0 Å². The van der Waals surface area contributed by atoms with Gasteiger partial charge in [0.1, 0.15) is 12.2 Å². The molecule has 7 heteroatoms. The number of methoxy groups -OCH3 is 1. The van der Waals surface area contributed by atoms with Crippen molar-refractivity contribution in [2.24, 2.45) is 0 Å². The SMILES string of the molecule is CO[C@@H]1O[C@H](CO)[C@@H](O)C1(O)C(=O)O. The van der Waals surface area contributed by atoms with E-state index in [0.717, 1.165) is 7.11 Å². The summed E-state index contributed by atoms with van der Waals surface area (Å²) in [6.07, 6.45) is -4.39. The Kier molecular flexibility index (Phi) is 3.07. The fourth-order valence-corrected chi connectivity index (χ4v) is 1.37. The summed E-state index contributed by atoms with van der Waals surface area (Å²) in [4.78, 5) is 10.7. The smallest absolute Gasteiger partial charge is 0.344 e. The third kappa shape index (κ3) is 1.39. The first-order chi connectivity index (χ1) is 6.48. The molecule has 4 N–H and O–H groups in total. The van der Waals surface area contributed by atoms with Crippen LogP contribution in [0.1, 0.15) is 0 Å². The van der Waals surface area contributed by atoms with Crippen molar-refractivity contribution in [2.45, 2.75) is 24.1 Å². The highest BCUT2D eigenvalue weighted by molar-refractivity contribution is 5.79. The summed E-state index contributed by atoms with van der Waals surface area (Å²) in [6, 6.07) is 0. The lowest BCUT2D eigenvalue weighted by atomic mass is 9.95. The molecule has 7 nitrogen and oxygen atoms in total. The van der Waals surface area contributed by atoms with E-state index in [9.17, 15) is 15.0 Å². The molecule has 0 bridgehead atoms. The maximum atomic E-state index is 10.7. The second kappa shape index (κ2) is 3.79. The summed E-state index contributed by atoms with van der Waals surface area (Å²) in [5, 5.41) is 36.4. The Bertz CT molecular complexity index is 226. The van der Waals surface area contributed by atoms with Crippen LogP contribution in [-0.4, -0.2) is 64.2 Å². The second-order valence-electron chi connectivity index (χ2n) is 3.00. The molecule has 82 valence electrons. The van der Waals surface area contributed by atoms with Gasteiger partial charge in [-0.3, -0.25) is 0 Å². The van der Waals surface area contributed by atoms with Gasteiger partial charge in [0.15, 0.2) is 6.29 Å². The lowest BCUT2D eigenvalue weighted by Crippen LogP contribution is -2.55. The minimum Gasteiger partial charge on any atom is -0.479 e. The Balaban J connectivity index is 2.96. The monoisotopic (exact) mass is 208 g/mol. The van der Waals surface area contributed by atoms with Gasteiger partial charge in [-0.05, 0) is 0 Å². The van der Waals surface area contributed by atoms with Gasteiger partial charge >= 0.3 is 5.97 Å². The summed E-state index contributed by atoms with van der Waals surface area (Å²) in [7, 11) is 1.13. The van der Waals surface area contributed by atoms with Crippen molar-refractivity contribution in [1.82, 2.24) is 0 Å². The predicted octanol–water partition coefficient (Wildman–Crippen LogP) is -2.47. The van der Waals surface area contributed by atoms with E-state index in [-0.39, 0.29) is 0 Å². The molecule has 0 aromatic carbocycles. The Morgan fingerprint density at radius 2 is 2.21 bits per heavy atom. The van der Waals surface area contributed by atoms with E-state index in [1.54, 1.807) is 0 Å². The molecule has 0 aromatic heterocycles. The average molecular weight is 208 g/mol. The van der Waals surface area contributed by atoms with E-state index in [4.69, 9.17) is 14.9 Å². The van der Waals surface area contributed by atoms with Crippen molar-refractivity contribution in [1.29, 1.82) is 0 Å². The molecular formula is C7H12O7. The van der Waals surface area contributed by atoms with Crippen LogP contribution in [0.25, 0.3) is 0 Å². The van der Waals surface area contributed by atoms with E-state index in [2.05, 4.69) is 4.74 Å². The average Bonchev–Trinajstić information content (AvgIpc) is 2.41. The maximum Gasteiger partial charge on any atom is 0.344 e. The summed E-state index contributed by atoms with van der Waals surface area (Å²) < 4.78 is 9.36. The minimum absolute atomic E-state index is 0.601. The maximum absolute atomic E-state index is 10.7. The molecule has 0 aromatic rings. The number of carboxylic acids is 1. The molecule has 1 rings (SSSR count). The predicted molar refractivity (Wildman–Crippen MR) is 41.3 cm³/mol. The second-order valence-corrected chi connectivity index (χ2v) is 3.00. The number of hydrogen-bond donors (Lipinski definition) is 4. The van der Waals surface area contributed by atoms with Crippen molar-refractivity contribution < 1.29 is 34.7 Å². The number of aliphatic hydroxyl groups excluding tert-OH is 2. The quantitative estimate of drug-likeness (QED) is 0.406. The third-order valence-corrected chi connectivity index (χ3v) is 2.20. The van der Waals surface area contributed by atoms with Crippen molar-refractivity contribution >= 4 is 5.97 Å².